The normalized spacial score (nSPS) is 18.2. The Balaban J connectivity index is 1.68. The predicted molar refractivity (Wildman–Crippen MR) is 86.6 cm³/mol. The van der Waals surface area contributed by atoms with Crippen LogP contribution >= 0.6 is 0 Å². The first-order valence-electron chi connectivity index (χ1n) is 7.88. The maximum atomic E-state index is 4.62. The van der Waals surface area contributed by atoms with Crippen LogP contribution in [0.4, 0.5) is 5.82 Å². The highest BCUT2D eigenvalue weighted by Crippen LogP contribution is 2.25. The lowest BCUT2D eigenvalue weighted by atomic mass is 9.99. The highest BCUT2D eigenvalue weighted by atomic mass is 15.2. The number of benzene rings is 1. The van der Waals surface area contributed by atoms with Gasteiger partial charge in [0.25, 0.3) is 0 Å². The van der Waals surface area contributed by atoms with Crippen LogP contribution in [0.25, 0.3) is 0 Å². The van der Waals surface area contributed by atoms with Gasteiger partial charge in [0.1, 0.15) is 11.6 Å². The van der Waals surface area contributed by atoms with Crippen LogP contribution in [0, 0.1) is 12.8 Å². The van der Waals surface area contributed by atoms with E-state index < -0.39 is 0 Å². The molecule has 0 amide bonds. The lowest BCUT2D eigenvalue weighted by molar-refractivity contribution is 0.586. The number of nitrogens with zero attached hydrogens (tertiary/aromatic N) is 3. The number of hydrogen-bond acceptors (Lipinski definition) is 3. The van der Waals surface area contributed by atoms with Gasteiger partial charge in [-0.1, -0.05) is 37.3 Å². The minimum Gasteiger partial charge on any atom is -0.356 e. The average Bonchev–Trinajstić information content (AvgIpc) is 2.96. The molecule has 1 aromatic heterocycles. The lowest BCUT2D eigenvalue weighted by Gasteiger charge is -2.18. The fourth-order valence-corrected chi connectivity index (χ4v) is 3.11. The lowest BCUT2D eigenvalue weighted by Crippen LogP contribution is -2.22. The van der Waals surface area contributed by atoms with Crippen molar-refractivity contribution in [3.05, 3.63) is 53.5 Å². The summed E-state index contributed by atoms with van der Waals surface area (Å²) >= 11 is 0. The van der Waals surface area contributed by atoms with Gasteiger partial charge in [-0.3, -0.25) is 0 Å². The van der Waals surface area contributed by atoms with Crippen molar-refractivity contribution in [3.8, 4) is 0 Å². The number of aromatic nitrogens is 2. The highest BCUT2D eigenvalue weighted by molar-refractivity contribution is 5.41. The molecule has 1 aliphatic rings. The standard InChI is InChI=1S/C18H23N3/c1-3-17-12-18(20-14(2)19-17)21-10-9-16(13-21)11-15-7-5-4-6-8-15/h4-8,12,16H,3,9-11,13H2,1-2H3. The molecular weight excluding hydrogens is 258 g/mol. The van der Waals surface area contributed by atoms with Gasteiger partial charge in [0.2, 0.25) is 0 Å². The van der Waals surface area contributed by atoms with E-state index in [1.807, 2.05) is 6.92 Å². The predicted octanol–water partition coefficient (Wildman–Crippen LogP) is 3.42. The Hall–Kier alpha value is -1.90. The van der Waals surface area contributed by atoms with E-state index in [9.17, 15) is 0 Å². The molecule has 2 aromatic rings. The number of rotatable bonds is 4. The highest BCUT2D eigenvalue weighted by Gasteiger charge is 2.24. The van der Waals surface area contributed by atoms with Crippen LogP contribution < -0.4 is 4.90 Å². The monoisotopic (exact) mass is 281 g/mol. The van der Waals surface area contributed by atoms with Crippen LogP contribution in [0.5, 0.6) is 0 Å². The van der Waals surface area contributed by atoms with Crippen LogP contribution in [0.3, 0.4) is 0 Å². The minimum absolute atomic E-state index is 0.729. The third kappa shape index (κ3) is 3.41. The quantitative estimate of drug-likeness (QED) is 0.860. The molecule has 0 bridgehead atoms. The van der Waals surface area contributed by atoms with Crippen LogP contribution in [-0.4, -0.2) is 23.1 Å². The third-order valence-electron chi connectivity index (χ3n) is 4.22. The summed E-state index contributed by atoms with van der Waals surface area (Å²) in [6.07, 6.45) is 3.39. The first-order valence-corrected chi connectivity index (χ1v) is 7.88. The third-order valence-corrected chi connectivity index (χ3v) is 4.22. The molecule has 1 saturated heterocycles. The fraction of sp³-hybridized carbons (Fsp3) is 0.444. The van der Waals surface area contributed by atoms with Crippen molar-refractivity contribution in [1.82, 2.24) is 9.97 Å². The molecule has 0 saturated carbocycles. The van der Waals surface area contributed by atoms with Crippen molar-refractivity contribution in [1.29, 1.82) is 0 Å². The molecule has 0 N–H and O–H groups in total. The van der Waals surface area contributed by atoms with Gasteiger partial charge in [0, 0.05) is 24.8 Å². The van der Waals surface area contributed by atoms with E-state index in [0.29, 0.717) is 0 Å². The molecule has 3 heteroatoms. The van der Waals surface area contributed by atoms with Crippen molar-refractivity contribution >= 4 is 5.82 Å². The van der Waals surface area contributed by atoms with Gasteiger partial charge >= 0.3 is 0 Å². The van der Waals surface area contributed by atoms with E-state index in [4.69, 9.17) is 0 Å². The smallest absolute Gasteiger partial charge is 0.132 e. The van der Waals surface area contributed by atoms with Crippen molar-refractivity contribution in [2.45, 2.75) is 33.1 Å². The van der Waals surface area contributed by atoms with Gasteiger partial charge in [-0.05, 0) is 37.7 Å². The molecule has 0 aliphatic carbocycles. The van der Waals surface area contributed by atoms with Gasteiger partial charge < -0.3 is 4.90 Å². The molecule has 3 nitrogen and oxygen atoms in total. The van der Waals surface area contributed by atoms with Gasteiger partial charge in [0.15, 0.2) is 0 Å². The first-order chi connectivity index (χ1) is 10.2. The second kappa shape index (κ2) is 6.25. The Bertz CT molecular complexity index is 595. The summed E-state index contributed by atoms with van der Waals surface area (Å²) in [6, 6.07) is 12.9. The second-order valence-electron chi connectivity index (χ2n) is 5.91. The minimum atomic E-state index is 0.729. The molecule has 1 aliphatic heterocycles. The summed E-state index contributed by atoms with van der Waals surface area (Å²) in [6.45, 7) is 6.35. The Morgan fingerprint density at radius 1 is 1.19 bits per heavy atom. The zero-order chi connectivity index (χ0) is 14.7. The second-order valence-corrected chi connectivity index (χ2v) is 5.91. The van der Waals surface area contributed by atoms with E-state index >= 15 is 0 Å². The topological polar surface area (TPSA) is 29.0 Å². The molecule has 0 spiro atoms. The van der Waals surface area contributed by atoms with Crippen molar-refractivity contribution in [2.75, 3.05) is 18.0 Å². The number of anilines is 1. The van der Waals surface area contributed by atoms with E-state index in [-0.39, 0.29) is 0 Å². The summed E-state index contributed by atoms with van der Waals surface area (Å²) in [4.78, 5) is 11.5. The molecule has 1 fully saturated rings. The molecule has 1 unspecified atom stereocenters. The van der Waals surface area contributed by atoms with Crippen LogP contribution in [0.2, 0.25) is 0 Å². The molecular formula is C18H23N3. The summed E-state index contributed by atoms with van der Waals surface area (Å²) in [5.74, 6) is 2.72. The number of aryl methyl sites for hydroxylation is 2. The van der Waals surface area contributed by atoms with Gasteiger partial charge in [0.05, 0.1) is 0 Å². The summed E-state index contributed by atoms with van der Waals surface area (Å²) in [7, 11) is 0. The zero-order valence-corrected chi connectivity index (χ0v) is 12.9. The summed E-state index contributed by atoms with van der Waals surface area (Å²) in [5, 5.41) is 0. The first kappa shape index (κ1) is 14.1. The average molecular weight is 281 g/mol. The largest absolute Gasteiger partial charge is 0.356 e. The van der Waals surface area contributed by atoms with Gasteiger partial charge in [-0.25, -0.2) is 9.97 Å². The Morgan fingerprint density at radius 2 is 2.00 bits per heavy atom. The molecule has 1 atom stereocenters. The van der Waals surface area contributed by atoms with Crippen LogP contribution in [-0.2, 0) is 12.8 Å². The van der Waals surface area contributed by atoms with Crippen molar-refractivity contribution in [2.24, 2.45) is 5.92 Å². The molecule has 21 heavy (non-hydrogen) atoms. The summed E-state index contributed by atoms with van der Waals surface area (Å²) in [5.41, 5.74) is 2.58. The fourth-order valence-electron chi connectivity index (χ4n) is 3.11. The Morgan fingerprint density at radius 3 is 2.76 bits per heavy atom. The molecule has 0 radical (unpaired) electrons. The van der Waals surface area contributed by atoms with E-state index in [1.54, 1.807) is 0 Å². The summed E-state index contributed by atoms with van der Waals surface area (Å²) < 4.78 is 0. The zero-order valence-electron chi connectivity index (χ0n) is 12.9. The van der Waals surface area contributed by atoms with Crippen LogP contribution in [0.15, 0.2) is 36.4 Å². The molecule has 2 heterocycles. The van der Waals surface area contributed by atoms with Crippen molar-refractivity contribution < 1.29 is 0 Å². The Kier molecular flexibility index (Phi) is 4.18. The maximum absolute atomic E-state index is 4.62. The van der Waals surface area contributed by atoms with Crippen LogP contribution in [0.1, 0.15) is 30.4 Å². The SMILES string of the molecule is CCc1cc(N2CCC(Cc3ccccc3)C2)nc(C)n1. The molecule has 110 valence electrons. The van der Waals surface area contributed by atoms with Crippen molar-refractivity contribution in [3.63, 3.8) is 0 Å². The Labute approximate surface area is 127 Å². The maximum Gasteiger partial charge on any atom is 0.132 e. The molecule has 1 aromatic carbocycles. The van der Waals surface area contributed by atoms with E-state index in [0.717, 1.165) is 42.8 Å². The van der Waals surface area contributed by atoms with Gasteiger partial charge in [-0.2, -0.15) is 0 Å². The number of hydrogen-bond donors (Lipinski definition) is 0. The molecule has 3 rings (SSSR count). The van der Waals surface area contributed by atoms with E-state index in [1.165, 1.54) is 18.4 Å². The van der Waals surface area contributed by atoms with Gasteiger partial charge in [-0.15, -0.1) is 0 Å². The van der Waals surface area contributed by atoms with E-state index in [2.05, 4.69) is 58.2 Å².